The van der Waals surface area contributed by atoms with Gasteiger partial charge in [-0.25, -0.2) is 0 Å². The van der Waals surface area contributed by atoms with Gasteiger partial charge in [0.15, 0.2) is 0 Å². The molecule has 0 saturated heterocycles. The molecule has 0 radical (unpaired) electrons. The van der Waals surface area contributed by atoms with Crippen molar-refractivity contribution in [2.24, 2.45) is 81.3 Å². The molecule has 13 rings (SSSR count). The van der Waals surface area contributed by atoms with Crippen molar-refractivity contribution in [3.63, 3.8) is 0 Å². The van der Waals surface area contributed by atoms with E-state index in [0.717, 1.165) is 70.5 Å². The Hall–Kier alpha value is -0.330. The van der Waals surface area contributed by atoms with Gasteiger partial charge in [-0.05, 0) is 134 Å². The van der Waals surface area contributed by atoms with E-state index in [4.69, 9.17) is 0 Å². The first-order valence-corrected chi connectivity index (χ1v) is 11.6. The molecule has 0 heterocycles. The Morgan fingerprint density at radius 3 is 1.88 bits per heavy atom. The largest absolute Gasteiger partial charge is 0.299 e. The van der Waals surface area contributed by atoms with Crippen LogP contribution >= 0.6 is 0 Å². The number of hydrogen-bond donors (Lipinski definition) is 0. The minimum Gasteiger partial charge on any atom is -0.299 e. The minimum absolute atomic E-state index is 0.145. The summed E-state index contributed by atoms with van der Waals surface area (Å²) in [5.74, 6) is 12.5. The first-order valence-electron chi connectivity index (χ1n) is 11.6. The Labute approximate surface area is 150 Å². The molecule has 0 amide bonds. The van der Waals surface area contributed by atoms with E-state index < -0.39 is 0 Å². The van der Waals surface area contributed by atoms with E-state index in [1.54, 1.807) is 32.1 Å². The highest BCUT2D eigenvalue weighted by molar-refractivity contribution is 5.83. The molecule has 2 spiro atoms. The summed E-state index contributed by atoms with van der Waals surface area (Å²) in [6, 6.07) is 0. The summed E-state index contributed by atoms with van der Waals surface area (Å²) in [5, 5.41) is 0. The topological polar surface area (TPSA) is 17.1 Å². The normalized spacial score (nSPS) is 79.2. The highest BCUT2D eigenvalue weighted by Crippen LogP contribution is 2.93. The Balaban J connectivity index is 1.37. The fraction of sp³-hybridized carbons (Fsp3) is 0.958. The van der Waals surface area contributed by atoms with E-state index in [-0.39, 0.29) is 5.41 Å². The van der Waals surface area contributed by atoms with Gasteiger partial charge in [-0.1, -0.05) is 0 Å². The maximum absolute atomic E-state index is 12.9. The van der Waals surface area contributed by atoms with Gasteiger partial charge in [0.25, 0.3) is 0 Å². The van der Waals surface area contributed by atoms with Gasteiger partial charge >= 0.3 is 0 Å². The van der Waals surface area contributed by atoms with E-state index in [0.29, 0.717) is 11.2 Å². The van der Waals surface area contributed by atoms with Gasteiger partial charge in [0.2, 0.25) is 0 Å². The van der Waals surface area contributed by atoms with Crippen LogP contribution in [0.5, 0.6) is 0 Å². The quantitative estimate of drug-likeness (QED) is 0.687. The van der Waals surface area contributed by atoms with Crippen LogP contribution in [0.2, 0.25) is 0 Å². The molecule has 13 aliphatic carbocycles. The van der Waals surface area contributed by atoms with Crippen molar-refractivity contribution in [2.75, 3.05) is 0 Å². The molecule has 1 heteroatoms. The van der Waals surface area contributed by atoms with Crippen molar-refractivity contribution in [3.05, 3.63) is 0 Å². The van der Waals surface area contributed by atoms with Gasteiger partial charge in [-0.2, -0.15) is 0 Å². The van der Waals surface area contributed by atoms with Gasteiger partial charge in [0, 0.05) is 5.41 Å². The van der Waals surface area contributed by atoms with Crippen LogP contribution in [0.4, 0.5) is 0 Å². The standard InChI is InChI=1S/C24H30O/c1-10(25)22-5-16-15-7-23-4-11-2-12-14-8-24(9-22,20(16)18(12)23)21(17(15)6-22)19(23)13(14)3-11/h11-21H,2-9H2,1H3/t11?,12-,13-,14?,15?,16+,17+,18-,19+,20+,21-,22?,23?,24?/m0/s1. The van der Waals surface area contributed by atoms with Gasteiger partial charge in [0.1, 0.15) is 5.78 Å². The predicted octanol–water partition coefficient (Wildman–Crippen LogP) is 4.56. The molecule has 13 saturated carbocycles. The Morgan fingerprint density at radius 2 is 1.24 bits per heavy atom. The first kappa shape index (κ1) is 12.9. The molecule has 13 aliphatic rings. The Kier molecular flexibility index (Phi) is 1.66. The van der Waals surface area contributed by atoms with Crippen LogP contribution in [-0.4, -0.2) is 5.78 Å². The molecule has 0 aromatic carbocycles. The zero-order valence-electron chi connectivity index (χ0n) is 15.4. The zero-order chi connectivity index (χ0) is 16.1. The first-order chi connectivity index (χ1) is 12.1. The fourth-order valence-corrected chi connectivity index (χ4v) is 14.0. The average molecular weight is 335 g/mol. The summed E-state index contributed by atoms with van der Waals surface area (Å²) in [6.07, 6.45) is 12.1. The van der Waals surface area contributed by atoms with Gasteiger partial charge in [-0.15, -0.1) is 0 Å². The third-order valence-corrected chi connectivity index (χ3v) is 13.3. The molecule has 0 aliphatic heterocycles. The summed E-state index contributed by atoms with van der Waals surface area (Å²) >= 11 is 0. The number of carbonyl (C=O) groups is 1. The van der Waals surface area contributed by atoms with Crippen molar-refractivity contribution in [1.29, 1.82) is 0 Å². The van der Waals surface area contributed by atoms with Crippen LogP contribution in [0.15, 0.2) is 0 Å². The van der Waals surface area contributed by atoms with E-state index in [2.05, 4.69) is 0 Å². The lowest BCUT2D eigenvalue weighted by Crippen LogP contribution is -2.86. The summed E-state index contributed by atoms with van der Waals surface area (Å²) in [7, 11) is 0. The fourth-order valence-electron chi connectivity index (χ4n) is 14.0. The third kappa shape index (κ3) is 0.941. The van der Waals surface area contributed by atoms with E-state index >= 15 is 0 Å². The van der Waals surface area contributed by atoms with Gasteiger partial charge in [0.05, 0.1) is 0 Å². The molecule has 14 atom stereocenters. The molecule has 25 heavy (non-hydrogen) atoms. The molecule has 0 N–H and O–H groups in total. The van der Waals surface area contributed by atoms with Crippen LogP contribution in [0, 0.1) is 81.3 Å². The highest BCUT2D eigenvalue weighted by Gasteiger charge is 2.88. The molecule has 132 valence electrons. The van der Waals surface area contributed by atoms with Crippen LogP contribution < -0.4 is 0 Å². The molecular weight excluding hydrogens is 304 g/mol. The van der Waals surface area contributed by atoms with Crippen LogP contribution in [0.3, 0.4) is 0 Å². The lowest BCUT2D eigenvalue weighted by Gasteiger charge is -2.92. The molecule has 1 nitrogen and oxygen atoms in total. The third-order valence-electron chi connectivity index (χ3n) is 13.3. The maximum atomic E-state index is 12.9. The second-order valence-corrected chi connectivity index (χ2v) is 12.9. The molecule has 13 fully saturated rings. The van der Waals surface area contributed by atoms with Gasteiger partial charge < -0.3 is 0 Å². The number of carbonyl (C=O) groups excluding carboxylic acids is 1. The van der Waals surface area contributed by atoms with E-state index in [9.17, 15) is 4.79 Å². The minimum atomic E-state index is 0.145. The van der Waals surface area contributed by atoms with Crippen LogP contribution in [0.1, 0.15) is 58.3 Å². The van der Waals surface area contributed by atoms with Crippen molar-refractivity contribution in [2.45, 2.75) is 58.3 Å². The molecular formula is C24H30O. The SMILES string of the molecule is CC(=O)C12C[C@@H]3C4CC56CC7C[C@H]8C9CC(C1)([C@@H]3[C@H]5[C@H]9C7)[C@@H]([C@H]86)[C@@H]4C2. The summed E-state index contributed by atoms with van der Waals surface area (Å²) in [4.78, 5) is 12.9. The lowest BCUT2D eigenvalue weighted by molar-refractivity contribution is -0.437. The Morgan fingerprint density at radius 1 is 0.680 bits per heavy atom. The summed E-state index contributed by atoms with van der Waals surface area (Å²) in [5.41, 5.74) is 1.64. The molecule has 0 aromatic heterocycles. The van der Waals surface area contributed by atoms with Crippen molar-refractivity contribution >= 4 is 5.78 Å². The van der Waals surface area contributed by atoms with Crippen molar-refractivity contribution in [3.8, 4) is 0 Å². The Bertz CT molecular complexity index is 739. The number of rotatable bonds is 1. The molecule has 14 bridgehead atoms. The second kappa shape index (κ2) is 3.20. The summed E-state index contributed by atoms with van der Waals surface area (Å²) in [6.45, 7) is 1.97. The van der Waals surface area contributed by atoms with E-state index in [1.165, 1.54) is 19.3 Å². The second-order valence-electron chi connectivity index (χ2n) is 12.9. The van der Waals surface area contributed by atoms with Crippen LogP contribution in [-0.2, 0) is 4.79 Å². The maximum Gasteiger partial charge on any atom is 0.136 e. The van der Waals surface area contributed by atoms with Crippen molar-refractivity contribution < 1.29 is 4.79 Å². The number of hydrogen-bond acceptors (Lipinski definition) is 1. The van der Waals surface area contributed by atoms with Crippen molar-refractivity contribution in [1.82, 2.24) is 0 Å². The summed E-state index contributed by atoms with van der Waals surface area (Å²) < 4.78 is 0. The number of Topliss-reactive ketones (excluding diaryl/α,β-unsaturated/α-hetero) is 1. The number of ketones is 1. The zero-order valence-corrected chi connectivity index (χ0v) is 15.4. The smallest absolute Gasteiger partial charge is 0.136 e. The molecule has 0 aromatic rings. The molecule has 6 unspecified atom stereocenters. The average Bonchev–Trinajstić information content (AvgIpc) is 2.59. The highest BCUT2D eigenvalue weighted by atomic mass is 16.1. The lowest BCUT2D eigenvalue weighted by atomic mass is 9.12. The monoisotopic (exact) mass is 334 g/mol. The predicted molar refractivity (Wildman–Crippen MR) is 93.3 cm³/mol. The van der Waals surface area contributed by atoms with Gasteiger partial charge in [-0.3, -0.25) is 4.79 Å². The van der Waals surface area contributed by atoms with Crippen LogP contribution in [0.25, 0.3) is 0 Å². The van der Waals surface area contributed by atoms with E-state index in [1.807, 2.05) is 6.92 Å².